The Morgan fingerprint density at radius 1 is 1.88 bits per heavy atom. The van der Waals surface area contributed by atoms with Gasteiger partial charge in [0.25, 0.3) is 0 Å². The smallest absolute Gasteiger partial charge is 0.155 e. The van der Waals surface area contributed by atoms with Gasteiger partial charge in [-0.1, -0.05) is 0 Å². The summed E-state index contributed by atoms with van der Waals surface area (Å²) in [6.07, 6.45) is 2.83. The summed E-state index contributed by atoms with van der Waals surface area (Å²) in [7, 11) is 1.71. The number of aromatic hydroxyl groups is 1. The highest BCUT2D eigenvalue weighted by Gasteiger charge is 1.88. The minimum Gasteiger partial charge on any atom is -0.505 e. The quantitative estimate of drug-likeness (QED) is 0.528. The second-order valence-corrected chi connectivity index (χ2v) is 1.37. The maximum Gasteiger partial charge on any atom is 0.155 e. The topological polar surface area (TPSA) is 50.1 Å². The van der Waals surface area contributed by atoms with E-state index >= 15 is 0 Å². The molecule has 0 aliphatic heterocycles. The Hall–Kier alpha value is -1.19. The highest BCUT2D eigenvalue weighted by atomic mass is 16.3. The average molecular weight is 113 g/mol. The largest absolute Gasteiger partial charge is 0.505 e. The molecule has 8 heavy (non-hydrogen) atoms. The van der Waals surface area contributed by atoms with Crippen LogP contribution in [0, 0.1) is 0 Å². The molecule has 0 spiro atoms. The first-order valence-corrected chi connectivity index (χ1v) is 2.24. The molecule has 0 aromatic carbocycles. The third-order valence-corrected chi connectivity index (χ3v) is 0.798. The summed E-state index contributed by atoms with van der Waals surface area (Å²) in [5.74, 6) is 0.166. The van der Waals surface area contributed by atoms with Crippen LogP contribution in [0.4, 0.5) is 0 Å². The number of nitrogens with zero attached hydrogens (tertiary/aromatic N) is 2. The third kappa shape index (κ3) is 0.726. The molecule has 0 saturated heterocycles. The van der Waals surface area contributed by atoms with Crippen molar-refractivity contribution >= 4 is 0 Å². The Labute approximate surface area is 46.7 Å². The Bertz CT molecular complexity index is 172. The zero-order valence-corrected chi connectivity index (χ0v) is 4.50. The number of hydrogen-bond acceptors (Lipinski definition) is 3. The zero-order valence-electron chi connectivity index (χ0n) is 4.50. The number of hydrogen-bond donors (Lipinski definition) is 2. The van der Waals surface area contributed by atoms with E-state index in [0.29, 0.717) is 0 Å². The number of rotatable bonds is 1. The van der Waals surface area contributed by atoms with Gasteiger partial charge in [-0.05, 0) is 0 Å². The molecule has 1 aromatic heterocycles. The molecule has 0 aliphatic carbocycles. The summed E-state index contributed by atoms with van der Waals surface area (Å²) in [5.41, 5.74) is 2.69. The van der Waals surface area contributed by atoms with Gasteiger partial charge >= 0.3 is 0 Å². The second-order valence-electron chi connectivity index (χ2n) is 1.37. The third-order valence-electron chi connectivity index (χ3n) is 0.798. The summed E-state index contributed by atoms with van der Waals surface area (Å²) in [6, 6.07) is 0. The molecule has 0 saturated carbocycles. The van der Waals surface area contributed by atoms with Crippen LogP contribution in [0.2, 0.25) is 0 Å². The maximum atomic E-state index is 8.66. The van der Waals surface area contributed by atoms with E-state index in [1.807, 2.05) is 0 Å². The fourth-order valence-electron chi connectivity index (χ4n) is 0.436. The van der Waals surface area contributed by atoms with Gasteiger partial charge < -0.3 is 10.5 Å². The fourth-order valence-corrected chi connectivity index (χ4v) is 0.436. The standard InChI is InChI=1S/C4H7N3O/c1-5-7-3-4(8)2-6-7/h2-3,5,8H,1H3. The van der Waals surface area contributed by atoms with E-state index in [0.717, 1.165) is 0 Å². The molecule has 4 nitrogen and oxygen atoms in total. The minimum absolute atomic E-state index is 0.166. The van der Waals surface area contributed by atoms with E-state index in [9.17, 15) is 0 Å². The lowest BCUT2D eigenvalue weighted by molar-refractivity contribution is 0.474. The molecule has 1 rings (SSSR count). The van der Waals surface area contributed by atoms with Crippen LogP contribution in [-0.2, 0) is 0 Å². The lowest BCUT2D eigenvalue weighted by Crippen LogP contribution is -2.07. The first kappa shape index (κ1) is 4.96. The normalized spacial score (nSPS) is 9.12. The van der Waals surface area contributed by atoms with Gasteiger partial charge in [0.15, 0.2) is 5.75 Å². The molecule has 1 heterocycles. The lowest BCUT2D eigenvalue weighted by Gasteiger charge is -1.92. The lowest BCUT2D eigenvalue weighted by atomic mass is 10.7. The van der Waals surface area contributed by atoms with Gasteiger partial charge in [-0.3, -0.25) is 0 Å². The molecule has 0 bridgehead atoms. The fraction of sp³-hybridized carbons (Fsp3) is 0.250. The van der Waals surface area contributed by atoms with Crippen molar-refractivity contribution in [2.24, 2.45) is 0 Å². The summed E-state index contributed by atoms with van der Waals surface area (Å²) >= 11 is 0. The van der Waals surface area contributed by atoms with E-state index < -0.39 is 0 Å². The van der Waals surface area contributed by atoms with E-state index in [1.54, 1.807) is 7.05 Å². The van der Waals surface area contributed by atoms with Crippen molar-refractivity contribution in [3.63, 3.8) is 0 Å². The predicted molar refractivity (Wildman–Crippen MR) is 29.2 cm³/mol. The summed E-state index contributed by atoms with van der Waals surface area (Å²) < 4.78 is 0. The van der Waals surface area contributed by atoms with Crippen molar-refractivity contribution in [3.8, 4) is 5.75 Å². The Kier molecular flexibility index (Phi) is 1.07. The van der Waals surface area contributed by atoms with E-state index in [1.165, 1.54) is 17.2 Å². The Balaban J connectivity index is 2.84. The zero-order chi connectivity index (χ0) is 5.98. The first-order valence-electron chi connectivity index (χ1n) is 2.24. The van der Waals surface area contributed by atoms with Gasteiger partial charge in [-0.25, -0.2) is 0 Å². The summed E-state index contributed by atoms with van der Waals surface area (Å²) in [6.45, 7) is 0. The van der Waals surface area contributed by atoms with Gasteiger partial charge in [0.1, 0.15) is 0 Å². The van der Waals surface area contributed by atoms with Gasteiger partial charge in [0.2, 0.25) is 0 Å². The Morgan fingerprint density at radius 2 is 2.62 bits per heavy atom. The van der Waals surface area contributed by atoms with Crippen molar-refractivity contribution in [1.29, 1.82) is 0 Å². The average Bonchev–Trinajstić information content (AvgIpc) is 2.14. The van der Waals surface area contributed by atoms with Gasteiger partial charge in [-0.15, -0.1) is 0 Å². The van der Waals surface area contributed by atoms with E-state index in [4.69, 9.17) is 5.11 Å². The molecule has 0 radical (unpaired) electrons. The first-order chi connectivity index (χ1) is 3.83. The highest BCUT2D eigenvalue weighted by Crippen LogP contribution is 2.00. The van der Waals surface area contributed by atoms with Crippen molar-refractivity contribution < 1.29 is 5.11 Å². The second kappa shape index (κ2) is 1.73. The van der Waals surface area contributed by atoms with Crippen molar-refractivity contribution in [2.75, 3.05) is 12.5 Å². The SMILES string of the molecule is CNn1cc(O)cn1. The van der Waals surface area contributed by atoms with Crippen LogP contribution < -0.4 is 5.43 Å². The molecule has 0 atom stereocenters. The Morgan fingerprint density at radius 3 is 2.88 bits per heavy atom. The predicted octanol–water partition coefficient (Wildman–Crippen LogP) is -0.238. The van der Waals surface area contributed by atoms with Crippen LogP contribution in [0.25, 0.3) is 0 Å². The van der Waals surface area contributed by atoms with Gasteiger partial charge in [0, 0.05) is 7.05 Å². The van der Waals surface area contributed by atoms with Gasteiger partial charge in [0.05, 0.1) is 12.4 Å². The van der Waals surface area contributed by atoms with Crippen LogP contribution >= 0.6 is 0 Å². The molecular formula is C4H7N3O. The maximum absolute atomic E-state index is 8.66. The highest BCUT2D eigenvalue weighted by molar-refractivity contribution is 5.08. The molecule has 1 aromatic rings. The van der Waals surface area contributed by atoms with Crippen LogP contribution in [0.3, 0.4) is 0 Å². The molecular weight excluding hydrogens is 106 g/mol. The molecule has 0 fully saturated rings. The molecule has 2 N–H and O–H groups in total. The molecule has 0 unspecified atom stereocenters. The molecule has 0 amide bonds. The van der Waals surface area contributed by atoms with Crippen LogP contribution in [0.1, 0.15) is 0 Å². The summed E-state index contributed by atoms with van der Waals surface area (Å²) in [4.78, 5) is 1.41. The minimum atomic E-state index is 0.166. The van der Waals surface area contributed by atoms with Crippen LogP contribution in [0.5, 0.6) is 5.75 Å². The monoisotopic (exact) mass is 113 g/mol. The van der Waals surface area contributed by atoms with Crippen molar-refractivity contribution in [3.05, 3.63) is 12.4 Å². The van der Waals surface area contributed by atoms with Gasteiger partial charge in [-0.2, -0.15) is 9.89 Å². The van der Waals surface area contributed by atoms with E-state index in [-0.39, 0.29) is 5.75 Å². The number of aromatic nitrogens is 2. The summed E-state index contributed by atoms with van der Waals surface area (Å²) in [5, 5.41) is 12.4. The van der Waals surface area contributed by atoms with Crippen LogP contribution in [-0.4, -0.2) is 22.0 Å². The number of nitrogens with one attached hydrogen (secondary N) is 1. The van der Waals surface area contributed by atoms with Crippen molar-refractivity contribution in [1.82, 2.24) is 9.89 Å². The molecule has 4 heteroatoms. The van der Waals surface area contributed by atoms with Crippen LogP contribution in [0.15, 0.2) is 12.4 Å². The molecule has 44 valence electrons. The molecule has 0 aliphatic rings. The van der Waals surface area contributed by atoms with E-state index in [2.05, 4.69) is 10.5 Å². The van der Waals surface area contributed by atoms with Crippen molar-refractivity contribution in [2.45, 2.75) is 0 Å².